The number of ether oxygens (including phenoxy) is 2. The van der Waals surface area contributed by atoms with E-state index < -0.39 is 11.8 Å². The summed E-state index contributed by atoms with van der Waals surface area (Å²) in [4.78, 5) is 27.1. The van der Waals surface area contributed by atoms with Crippen LogP contribution in [0.15, 0.2) is 4.79 Å². The van der Waals surface area contributed by atoms with Crippen molar-refractivity contribution in [1.82, 2.24) is 9.58 Å². The second-order valence-electron chi connectivity index (χ2n) is 6.28. The molecule has 4 rings (SSSR count). The van der Waals surface area contributed by atoms with Crippen molar-refractivity contribution in [2.24, 2.45) is 0 Å². The summed E-state index contributed by atoms with van der Waals surface area (Å²) in [6, 6.07) is 0. The summed E-state index contributed by atoms with van der Waals surface area (Å²) in [6.07, 6.45) is -0.182. The summed E-state index contributed by atoms with van der Waals surface area (Å²) in [5.41, 5.74) is 0.0678. The van der Waals surface area contributed by atoms with Crippen LogP contribution in [0.2, 0.25) is 0 Å². The van der Waals surface area contributed by atoms with Crippen molar-refractivity contribution in [1.29, 1.82) is 0 Å². The molecule has 8 nitrogen and oxygen atoms in total. The summed E-state index contributed by atoms with van der Waals surface area (Å²) in [6.45, 7) is 6.88. The number of likely N-dealkylation sites (N-methyl/N-ethyl adjacent to an activating group) is 1. The lowest BCUT2D eigenvalue weighted by Crippen LogP contribution is -2.69. The Balaban J connectivity index is 0.000000880. The molecule has 2 atom stereocenters. The van der Waals surface area contributed by atoms with Gasteiger partial charge in [-0.2, -0.15) is 0 Å². The number of carbonyl (C=O) groups excluding carboxylic acids is 1. The van der Waals surface area contributed by atoms with Crippen LogP contribution in [-0.2, 0) is 4.74 Å². The molecule has 138 valence electrons. The minimum Gasteiger partial charge on any atom is -0.491 e. The lowest BCUT2D eigenvalue weighted by atomic mass is 10.0. The smallest absolute Gasteiger partial charge is 0.278 e. The van der Waals surface area contributed by atoms with Gasteiger partial charge in [0.25, 0.3) is 5.91 Å². The van der Waals surface area contributed by atoms with Gasteiger partial charge in [0.1, 0.15) is 6.10 Å². The molecule has 1 N–H and O–H groups in total. The first-order valence-electron chi connectivity index (χ1n) is 8.59. The van der Waals surface area contributed by atoms with Crippen LogP contribution in [0.1, 0.15) is 48.1 Å². The highest BCUT2D eigenvalue weighted by Gasteiger charge is 2.56. The Morgan fingerprint density at radius 3 is 2.56 bits per heavy atom. The number of hydrogen-bond donors (Lipinski definition) is 1. The van der Waals surface area contributed by atoms with Gasteiger partial charge in [-0.25, -0.2) is 4.68 Å². The van der Waals surface area contributed by atoms with Crippen molar-refractivity contribution in [2.75, 3.05) is 38.9 Å². The molecule has 4 heterocycles. The van der Waals surface area contributed by atoms with Crippen LogP contribution >= 0.6 is 0 Å². The number of nitrogens with zero attached hydrogens (tertiary/aromatic N) is 3. The van der Waals surface area contributed by atoms with E-state index in [1.54, 1.807) is 23.5 Å². The number of fused-ring (bicyclic) bond motifs is 1. The Bertz CT molecular complexity index is 767. The van der Waals surface area contributed by atoms with Gasteiger partial charge in [0.2, 0.25) is 5.43 Å². The average molecular weight is 351 g/mol. The van der Waals surface area contributed by atoms with Gasteiger partial charge in [0.15, 0.2) is 17.1 Å². The van der Waals surface area contributed by atoms with E-state index in [2.05, 4.69) is 0 Å². The summed E-state index contributed by atoms with van der Waals surface area (Å²) in [5.74, 6) is -0.271. The van der Waals surface area contributed by atoms with Gasteiger partial charge in [-0.1, -0.05) is 13.8 Å². The third kappa shape index (κ3) is 2.07. The first-order chi connectivity index (χ1) is 11.9. The molecule has 25 heavy (non-hydrogen) atoms. The summed E-state index contributed by atoms with van der Waals surface area (Å²) in [5, 5.41) is 12.4. The highest BCUT2D eigenvalue weighted by atomic mass is 16.5. The van der Waals surface area contributed by atoms with Gasteiger partial charge in [-0.05, 0) is 6.92 Å². The van der Waals surface area contributed by atoms with E-state index in [0.29, 0.717) is 37.4 Å². The van der Waals surface area contributed by atoms with Crippen molar-refractivity contribution in [3.63, 3.8) is 0 Å². The fraction of sp³-hybridized carbons (Fsp3) is 0.647. The number of carbonyl (C=O) groups is 1. The average Bonchev–Trinajstić information content (AvgIpc) is 3.23. The van der Waals surface area contributed by atoms with Gasteiger partial charge >= 0.3 is 0 Å². The van der Waals surface area contributed by atoms with Crippen LogP contribution in [0.5, 0.6) is 5.75 Å². The zero-order chi connectivity index (χ0) is 18.5. The first kappa shape index (κ1) is 17.8. The number of methoxy groups -OCH3 is 1. The topological polar surface area (TPSA) is 84.2 Å². The Morgan fingerprint density at radius 1 is 1.32 bits per heavy atom. The van der Waals surface area contributed by atoms with Gasteiger partial charge in [0, 0.05) is 19.0 Å². The largest absolute Gasteiger partial charge is 0.491 e. The standard InChI is InChI=1S/C15H19N3O5.C2H6/c1-8-10-9(19)6-17-15(4-5-23-7-15)16(2)14(21)11(18(10)17)13(22-3)12(8)20;1-2/h9,19H,4-7H2,1-3H3;1-2H3. The Hall–Kier alpha value is -2.06. The maximum atomic E-state index is 13.0. The van der Waals surface area contributed by atoms with Crippen LogP contribution in [0.4, 0.5) is 0 Å². The zero-order valence-electron chi connectivity index (χ0n) is 15.3. The highest BCUT2D eigenvalue weighted by Crippen LogP contribution is 2.41. The van der Waals surface area contributed by atoms with Crippen LogP contribution in [0.25, 0.3) is 0 Å². The monoisotopic (exact) mass is 351 g/mol. The Kier molecular flexibility index (Phi) is 4.28. The second kappa shape index (κ2) is 6.03. The molecular formula is C17H25N3O5. The van der Waals surface area contributed by atoms with E-state index in [1.165, 1.54) is 7.11 Å². The summed E-state index contributed by atoms with van der Waals surface area (Å²) in [7, 11) is 3.08. The lowest BCUT2D eigenvalue weighted by molar-refractivity contribution is 0.0311. The number of aliphatic hydroxyl groups is 1. The number of hydrogen-bond acceptors (Lipinski definition) is 6. The van der Waals surface area contributed by atoms with Gasteiger partial charge in [-0.15, -0.1) is 0 Å². The first-order valence-corrected chi connectivity index (χ1v) is 8.59. The molecule has 1 saturated heterocycles. The summed E-state index contributed by atoms with van der Waals surface area (Å²) < 4.78 is 12.5. The van der Waals surface area contributed by atoms with Crippen LogP contribution < -0.4 is 15.2 Å². The quantitative estimate of drug-likeness (QED) is 0.787. The predicted molar refractivity (Wildman–Crippen MR) is 91.6 cm³/mol. The maximum absolute atomic E-state index is 13.0. The van der Waals surface area contributed by atoms with E-state index >= 15 is 0 Å². The van der Waals surface area contributed by atoms with Crippen molar-refractivity contribution < 1.29 is 19.4 Å². The lowest BCUT2D eigenvalue weighted by Gasteiger charge is -2.50. The number of rotatable bonds is 1. The fourth-order valence-corrected chi connectivity index (χ4v) is 4.01. The number of amides is 1. The molecule has 0 saturated carbocycles. The fourth-order valence-electron chi connectivity index (χ4n) is 4.01. The SMILES string of the molecule is CC.COc1c2n3c(c(C)c1=O)C(O)CN3C1(CCOC1)N(C)C2=O. The Labute approximate surface area is 146 Å². The molecule has 3 aliphatic heterocycles. The minimum absolute atomic E-state index is 0.0240. The van der Waals surface area contributed by atoms with E-state index in [-0.39, 0.29) is 22.8 Å². The molecule has 0 aliphatic carbocycles. The van der Waals surface area contributed by atoms with Crippen molar-refractivity contribution in [3.8, 4) is 5.75 Å². The molecule has 1 fully saturated rings. The van der Waals surface area contributed by atoms with Gasteiger partial charge in [-0.3, -0.25) is 14.6 Å². The van der Waals surface area contributed by atoms with Gasteiger partial charge < -0.3 is 19.5 Å². The zero-order valence-corrected chi connectivity index (χ0v) is 15.3. The van der Waals surface area contributed by atoms with Gasteiger partial charge in [0.05, 0.1) is 32.6 Å². The third-order valence-electron chi connectivity index (χ3n) is 5.29. The maximum Gasteiger partial charge on any atom is 0.278 e. The van der Waals surface area contributed by atoms with Crippen molar-refractivity contribution >= 4 is 5.91 Å². The molecule has 0 aromatic carbocycles. The Morgan fingerprint density at radius 2 is 2.00 bits per heavy atom. The molecule has 8 heteroatoms. The molecule has 3 aliphatic rings. The summed E-state index contributed by atoms with van der Waals surface area (Å²) >= 11 is 0. The molecule has 1 spiro atoms. The molecule has 1 aromatic heterocycles. The highest BCUT2D eigenvalue weighted by molar-refractivity contribution is 5.97. The van der Waals surface area contributed by atoms with Crippen molar-refractivity contribution in [3.05, 3.63) is 27.2 Å². The number of aromatic nitrogens is 1. The normalized spacial score (nSPS) is 26.6. The third-order valence-corrected chi connectivity index (χ3v) is 5.29. The second-order valence-corrected chi connectivity index (χ2v) is 6.28. The molecule has 0 bridgehead atoms. The van der Waals surface area contributed by atoms with E-state index in [9.17, 15) is 14.7 Å². The van der Waals surface area contributed by atoms with E-state index in [4.69, 9.17) is 9.47 Å². The van der Waals surface area contributed by atoms with Crippen molar-refractivity contribution in [2.45, 2.75) is 39.0 Å². The molecule has 1 amide bonds. The predicted octanol–water partition coefficient (Wildman–Crippen LogP) is 0.379. The minimum atomic E-state index is -0.830. The van der Waals surface area contributed by atoms with E-state index in [1.807, 2.05) is 18.9 Å². The van der Waals surface area contributed by atoms with E-state index in [0.717, 1.165) is 0 Å². The molecule has 1 aromatic rings. The molecule has 2 unspecified atom stereocenters. The van der Waals surface area contributed by atoms with Crippen LogP contribution in [-0.4, -0.2) is 60.2 Å². The number of aliphatic hydroxyl groups excluding tert-OH is 1. The van der Waals surface area contributed by atoms with Crippen LogP contribution in [0.3, 0.4) is 0 Å². The van der Waals surface area contributed by atoms with Crippen LogP contribution in [0, 0.1) is 6.92 Å². The molecule has 0 radical (unpaired) electrons. The number of pyridine rings is 1. The molecular weight excluding hydrogens is 326 g/mol.